The first-order chi connectivity index (χ1) is 15.6. The highest BCUT2D eigenvalue weighted by atomic mass is 19.1. The molecule has 1 aliphatic rings. The van der Waals surface area contributed by atoms with Crippen LogP contribution in [0.5, 0.6) is 17.4 Å². The molecule has 1 amide bonds. The van der Waals surface area contributed by atoms with E-state index in [0.29, 0.717) is 54.0 Å². The minimum atomic E-state index is -0.967. The predicted molar refractivity (Wildman–Crippen MR) is 114 cm³/mol. The summed E-state index contributed by atoms with van der Waals surface area (Å²) in [5, 5.41) is 5.76. The lowest BCUT2D eigenvalue weighted by Crippen LogP contribution is -2.49. The number of aromatic nitrogens is 4. The smallest absolute Gasteiger partial charge is 0.262 e. The Morgan fingerprint density at radius 1 is 1.22 bits per heavy atom. The molecule has 32 heavy (non-hydrogen) atoms. The number of hydrogen-bond acceptors (Lipinski definition) is 8. The molecular weight excluding hydrogens is 415 g/mol. The van der Waals surface area contributed by atoms with Crippen molar-refractivity contribution in [1.29, 1.82) is 0 Å². The van der Waals surface area contributed by atoms with Gasteiger partial charge in [-0.25, -0.2) is 19.3 Å². The third-order valence-electron chi connectivity index (χ3n) is 4.77. The standard InChI is InChI=1S/C22H23FN6O3/c1-2-31-19-4-3-5-26-22(19)32-18-6-14(8-24-13-18)20-27-9-15(10-28-20)21(30)29-17-7-16(23)11-25-12-17/h3-6,8-10,13,16-17,25H,2,7,11-12H2,1H3,(H,29,30). The molecule has 0 radical (unpaired) electrons. The maximum atomic E-state index is 13.5. The Morgan fingerprint density at radius 3 is 2.84 bits per heavy atom. The van der Waals surface area contributed by atoms with Gasteiger partial charge in [-0.2, -0.15) is 0 Å². The van der Waals surface area contributed by atoms with Crippen LogP contribution in [-0.2, 0) is 0 Å². The van der Waals surface area contributed by atoms with Crippen LogP contribution in [0.1, 0.15) is 23.7 Å². The number of rotatable bonds is 7. The lowest BCUT2D eigenvalue weighted by atomic mass is 10.1. The molecule has 10 heteroatoms. The van der Waals surface area contributed by atoms with Gasteiger partial charge in [0.15, 0.2) is 11.6 Å². The van der Waals surface area contributed by atoms with Crippen LogP contribution in [0, 0.1) is 0 Å². The van der Waals surface area contributed by atoms with Crippen LogP contribution in [0.25, 0.3) is 11.4 Å². The first-order valence-electron chi connectivity index (χ1n) is 10.3. The van der Waals surface area contributed by atoms with Crippen LogP contribution in [0.3, 0.4) is 0 Å². The van der Waals surface area contributed by atoms with Crippen molar-refractivity contribution in [3.8, 4) is 28.8 Å². The molecule has 1 aliphatic heterocycles. The second kappa shape index (κ2) is 10.1. The van der Waals surface area contributed by atoms with E-state index in [9.17, 15) is 9.18 Å². The molecule has 166 valence electrons. The second-order valence-corrected chi connectivity index (χ2v) is 7.21. The molecule has 4 rings (SSSR count). The summed E-state index contributed by atoms with van der Waals surface area (Å²) in [6.07, 6.45) is 6.94. The number of nitrogens with zero attached hydrogens (tertiary/aromatic N) is 4. The van der Waals surface area contributed by atoms with Gasteiger partial charge in [0.05, 0.1) is 18.4 Å². The zero-order chi connectivity index (χ0) is 22.3. The summed E-state index contributed by atoms with van der Waals surface area (Å²) in [6.45, 7) is 3.21. The van der Waals surface area contributed by atoms with Gasteiger partial charge in [-0.15, -0.1) is 0 Å². The Labute approximate surface area is 184 Å². The summed E-state index contributed by atoms with van der Waals surface area (Å²) < 4.78 is 24.8. The molecule has 1 saturated heterocycles. The fraction of sp³-hybridized carbons (Fsp3) is 0.318. The molecule has 3 aromatic heterocycles. The van der Waals surface area contributed by atoms with Gasteiger partial charge in [0.2, 0.25) is 0 Å². The fourth-order valence-corrected chi connectivity index (χ4v) is 3.29. The number of pyridine rings is 2. The number of nitrogens with one attached hydrogen (secondary N) is 2. The lowest BCUT2D eigenvalue weighted by Gasteiger charge is -2.26. The Kier molecular flexibility index (Phi) is 6.81. The minimum absolute atomic E-state index is 0.267. The minimum Gasteiger partial charge on any atom is -0.488 e. The number of halogens is 1. The summed E-state index contributed by atoms with van der Waals surface area (Å²) in [4.78, 5) is 29.3. The topological polar surface area (TPSA) is 111 Å². The molecule has 4 heterocycles. The molecule has 3 aromatic rings. The van der Waals surface area contributed by atoms with Crippen molar-refractivity contribution in [2.45, 2.75) is 25.6 Å². The average Bonchev–Trinajstić information content (AvgIpc) is 2.81. The van der Waals surface area contributed by atoms with Crippen LogP contribution in [0.4, 0.5) is 4.39 Å². The van der Waals surface area contributed by atoms with E-state index >= 15 is 0 Å². The summed E-state index contributed by atoms with van der Waals surface area (Å²) in [5.74, 6) is 1.34. The zero-order valence-electron chi connectivity index (χ0n) is 17.5. The van der Waals surface area contributed by atoms with Gasteiger partial charge in [0, 0.05) is 55.9 Å². The van der Waals surface area contributed by atoms with Crippen molar-refractivity contribution in [2.75, 3.05) is 19.7 Å². The molecule has 2 N–H and O–H groups in total. The quantitative estimate of drug-likeness (QED) is 0.579. The highest BCUT2D eigenvalue weighted by Gasteiger charge is 2.23. The monoisotopic (exact) mass is 438 g/mol. The molecule has 0 bridgehead atoms. The third kappa shape index (κ3) is 5.33. The number of hydrogen-bond donors (Lipinski definition) is 2. The number of piperidine rings is 1. The Hall–Kier alpha value is -3.66. The van der Waals surface area contributed by atoms with Gasteiger partial charge in [-0.3, -0.25) is 9.78 Å². The van der Waals surface area contributed by atoms with Crippen LogP contribution in [0.15, 0.2) is 49.2 Å². The SMILES string of the molecule is CCOc1cccnc1Oc1cncc(-c2ncc(C(=O)NC3CNCC(F)C3)cn2)c1. The van der Waals surface area contributed by atoms with E-state index in [4.69, 9.17) is 9.47 Å². The molecule has 9 nitrogen and oxygen atoms in total. The van der Waals surface area contributed by atoms with Crippen molar-refractivity contribution >= 4 is 5.91 Å². The van der Waals surface area contributed by atoms with Gasteiger partial charge in [-0.05, 0) is 25.1 Å². The number of alkyl halides is 1. The van der Waals surface area contributed by atoms with E-state index in [0.717, 1.165) is 0 Å². The maximum absolute atomic E-state index is 13.5. The fourth-order valence-electron chi connectivity index (χ4n) is 3.29. The number of amides is 1. The van der Waals surface area contributed by atoms with Crippen molar-refractivity contribution in [3.63, 3.8) is 0 Å². The summed E-state index contributed by atoms with van der Waals surface area (Å²) in [6, 6.07) is 4.99. The Bertz CT molecular complexity index is 1070. The van der Waals surface area contributed by atoms with Gasteiger partial charge >= 0.3 is 0 Å². The average molecular weight is 438 g/mol. The molecule has 0 aromatic carbocycles. The van der Waals surface area contributed by atoms with Crippen molar-refractivity contribution in [1.82, 2.24) is 30.6 Å². The number of ether oxygens (including phenoxy) is 2. The molecule has 0 aliphatic carbocycles. The first kappa shape index (κ1) is 21.6. The van der Waals surface area contributed by atoms with Crippen molar-refractivity contribution in [3.05, 3.63) is 54.7 Å². The molecule has 0 saturated carbocycles. The molecule has 2 unspecified atom stereocenters. The van der Waals surface area contributed by atoms with Crippen LogP contribution >= 0.6 is 0 Å². The maximum Gasteiger partial charge on any atom is 0.262 e. The van der Waals surface area contributed by atoms with Gasteiger partial charge in [-0.1, -0.05) is 0 Å². The second-order valence-electron chi connectivity index (χ2n) is 7.21. The Balaban J connectivity index is 1.45. The largest absolute Gasteiger partial charge is 0.488 e. The van der Waals surface area contributed by atoms with Crippen molar-refractivity contribution in [2.24, 2.45) is 0 Å². The normalized spacial score (nSPS) is 18.1. The summed E-state index contributed by atoms with van der Waals surface area (Å²) in [7, 11) is 0. The molecule has 0 spiro atoms. The lowest BCUT2D eigenvalue weighted by molar-refractivity contribution is 0.0918. The molecular formula is C22H23FN6O3. The van der Waals surface area contributed by atoms with Gasteiger partial charge in [0.1, 0.15) is 11.9 Å². The van der Waals surface area contributed by atoms with Crippen LogP contribution in [-0.4, -0.2) is 57.8 Å². The zero-order valence-corrected chi connectivity index (χ0v) is 17.5. The number of carbonyl (C=O) groups excluding carboxylic acids is 1. The predicted octanol–water partition coefficient (Wildman–Crippen LogP) is 2.55. The van der Waals surface area contributed by atoms with Crippen LogP contribution < -0.4 is 20.1 Å². The molecule has 2 atom stereocenters. The van der Waals surface area contributed by atoms with E-state index < -0.39 is 6.17 Å². The molecule has 1 fully saturated rings. The van der Waals surface area contributed by atoms with Gasteiger partial charge < -0.3 is 20.1 Å². The van der Waals surface area contributed by atoms with E-state index in [1.54, 1.807) is 36.8 Å². The van der Waals surface area contributed by atoms with E-state index in [-0.39, 0.29) is 18.4 Å². The third-order valence-corrected chi connectivity index (χ3v) is 4.77. The van der Waals surface area contributed by atoms with Crippen LogP contribution in [0.2, 0.25) is 0 Å². The van der Waals surface area contributed by atoms with Crippen molar-refractivity contribution < 1.29 is 18.7 Å². The summed E-state index contributed by atoms with van der Waals surface area (Å²) >= 11 is 0. The van der Waals surface area contributed by atoms with E-state index in [2.05, 4.69) is 30.6 Å². The Morgan fingerprint density at radius 2 is 2.06 bits per heavy atom. The number of carbonyl (C=O) groups is 1. The van der Waals surface area contributed by atoms with E-state index in [1.807, 2.05) is 6.92 Å². The summed E-state index contributed by atoms with van der Waals surface area (Å²) in [5.41, 5.74) is 0.907. The highest BCUT2D eigenvalue weighted by molar-refractivity contribution is 5.93. The van der Waals surface area contributed by atoms with E-state index in [1.165, 1.54) is 12.4 Å². The first-order valence-corrected chi connectivity index (χ1v) is 10.3. The van der Waals surface area contributed by atoms with Gasteiger partial charge in [0.25, 0.3) is 11.8 Å². The highest BCUT2D eigenvalue weighted by Crippen LogP contribution is 2.30.